The lowest BCUT2D eigenvalue weighted by Gasteiger charge is -2.59. The normalized spacial score (nSPS) is 28.4. The summed E-state index contributed by atoms with van der Waals surface area (Å²) in [5.74, 6) is 0.204. The third kappa shape index (κ3) is 18.9. The van der Waals surface area contributed by atoms with Gasteiger partial charge in [0.05, 0.1) is 129 Å². The number of ether oxygens (including phenoxy) is 11. The molecule has 0 spiro atoms. The molecule has 1 aliphatic heterocycles. The van der Waals surface area contributed by atoms with Crippen LogP contribution in [0.5, 0.6) is 5.75 Å². The molecule has 96 heavy (non-hydrogen) atoms. The number of alkyl carbamates (subject to hydrolysis) is 1. The fourth-order valence-corrected chi connectivity index (χ4v) is 16.3. The van der Waals surface area contributed by atoms with Crippen molar-refractivity contribution in [1.82, 2.24) is 25.6 Å². The average Bonchev–Trinajstić information content (AvgIpc) is 1.47. The van der Waals surface area contributed by atoms with E-state index >= 15 is 0 Å². The zero-order chi connectivity index (χ0) is 68.2. The van der Waals surface area contributed by atoms with Crippen LogP contribution in [0.15, 0.2) is 48.1 Å². The maximum absolute atomic E-state index is 14.8. The molecule has 2 heterocycles. The van der Waals surface area contributed by atoms with Crippen LogP contribution in [0.3, 0.4) is 0 Å². The van der Waals surface area contributed by atoms with Crippen LogP contribution in [0, 0.1) is 58.2 Å². The van der Waals surface area contributed by atoms with E-state index in [1.165, 1.54) is 5.69 Å². The van der Waals surface area contributed by atoms with Crippen LogP contribution in [-0.4, -0.2) is 198 Å². The van der Waals surface area contributed by atoms with Gasteiger partial charge in [0.25, 0.3) is 0 Å². The number of nitrogens with one attached hydrogen (secondary N) is 2. The first kappa shape index (κ1) is 74.9. The summed E-state index contributed by atoms with van der Waals surface area (Å²) in [7, 11) is 0. The highest BCUT2D eigenvalue weighted by atomic mass is 16.7. The third-order valence-corrected chi connectivity index (χ3v) is 21.5. The highest BCUT2D eigenvalue weighted by Gasteiger charge is 2.76. The van der Waals surface area contributed by atoms with Crippen molar-refractivity contribution < 1.29 is 86.0 Å². The van der Waals surface area contributed by atoms with E-state index in [1.54, 1.807) is 43.3 Å². The van der Waals surface area contributed by atoms with Gasteiger partial charge >= 0.3 is 6.09 Å². The molecule has 0 bridgehead atoms. The zero-order valence-electron chi connectivity index (χ0n) is 58.0. The molecule has 7 aliphatic rings. The van der Waals surface area contributed by atoms with E-state index < -0.39 is 53.0 Å². The lowest BCUT2D eigenvalue weighted by Crippen LogP contribution is -2.63. The van der Waals surface area contributed by atoms with Gasteiger partial charge < -0.3 is 67.8 Å². The molecular weight excluding hydrogens is 1230 g/mol. The number of hydrogen-bond donors (Lipinski definition) is 3. The number of carbonyl (C=O) groups excluding carboxylic acids is 6. The average molecular weight is 1340 g/mol. The first-order chi connectivity index (χ1) is 46.4. The molecule has 0 radical (unpaired) electrons. The van der Waals surface area contributed by atoms with Crippen LogP contribution >= 0.6 is 0 Å². The minimum atomic E-state index is -1.31. The van der Waals surface area contributed by atoms with Gasteiger partial charge in [0.15, 0.2) is 23.5 Å². The van der Waals surface area contributed by atoms with Crippen LogP contribution < -0.4 is 15.4 Å². The fraction of sp³-hybridized carbons (Fsp3) is 0.753. The number of aliphatic hydroxyl groups excluding tert-OH is 1. The Bertz CT molecular complexity index is 2940. The smallest absolute Gasteiger partial charge is 0.407 e. The number of benzene rings is 1. The first-order valence-electron chi connectivity index (χ1n) is 35.8. The van der Waals surface area contributed by atoms with Crippen molar-refractivity contribution in [3.8, 4) is 5.75 Å². The Morgan fingerprint density at radius 3 is 2.09 bits per heavy atom. The van der Waals surface area contributed by atoms with Gasteiger partial charge in [-0.25, -0.2) is 9.48 Å². The van der Waals surface area contributed by atoms with E-state index in [1.807, 2.05) is 24.6 Å². The highest BCUT2D eigenvalue weighted by Crippen LogP contribution is 2.70. The van der Waals surface area contributed by atoms with Gasteiger partial charge in [0, 0.05) is 55.1 Å². The molecule has 6 aliphatic carbocycles. The Balaban J connectivity index is 0.573. The van der Waals surface area contributed by atoms with Gasteiger partial charge in [-0.05, 0) is 130 Å². The molecule has 1 saturated heterocycles. The van der Waals surface area contributed by atoms with Crippen molar-refractivity contribution in [1.29, 1.82) is 0 Å². The van der Waals surface area contributed by atoms with Gasteiger partial charge in [-0.15, -0.1) is 5.10 Å². The third-order valence-electron chi connectivity index (χ3n) is 21.5. The number of unbranched alkanes of at least 4 members (excludes halogenated alkanes) is 1. The lowest BCUT2D eigenvalue weighted by atomic mass is 9.46. The summed E-state index contributed by atoms with van der Waals surface area (Å²) < 4.78 is 66.5. The van der Waals surface area contributed by atoms with Gasteiger partial charge in [0.2, 0.25) is 11.7 Å². The number of ketones is 4. The molecular formula is C73H109N5O18. The molecule has 23 heteroatoms. The van der Waals surface area contributed by atoms with Crippen LogP contribution in [0.4, 0.5) is 4.79 Å². The second-order valence-electron chi connectivity index (χ2n) is 28.2. The predicted octanol–water partition coefficient (Wildman–Crippen LogP) is 7.72. The zero-order valence-corrected chi connectivity index (χ0v) is 58.0. The van der Waals surface area contributed by atoms with E-state index in [-0.39, 0.29) is 91.8 Å². The number of aromatic nitrogens is 3. The lowest BCUT2D eigenvalue weighted by molar-refractivity contribution is -0.200. The summed E-state index contributed by atoms with van der Waals surface area (Å²) in [6.45, 7) is 21.0. The standard InChI is InChI=1S/C73H109N5O18/c1-8-10-27-86-31-35-90-38-34-89-30-26-78-60-21-19-55-54(18-20-59(60)76-77-78)57(55)46-94-70(85)74-25-29-88-33-37-92-40-39-91-36-32-87-28-23-66(84)75-69(48(3)4)62(81)41-49(5)61(80)42-50-12-15-53(16-13-50)93-47-64(83)73-65(95-67(96-73)11-9-2)44-58-56-17-14-51-43-52(79)22-24-71(51,6)68(56)63(82)45-72(58,73)7/h12-13,15-16,22,24,43,48-49,54-58,63,65,67-69,82H,8-11,14,17-21,23,25-42,44-47H2,1-7H3,(H,74,85)(H,75,84)/t49-,54?,55?,56+,57?,58+,63+,65-,67?,68-,69+,71+,72+,73-/m1/s1. The van der Waals surface area contributed by atoms with Crippen LogP contribution in [-0.2, 0) is 97.1 Å². The SMILES string of the molecule is CCCCOCCOCCOCCn1nnc2c1CCC1C(CC2)C1COC(=O)NCCOCCOCCOCCOCCC(=O)N[C@H](C(=O)C[C@@H](C)C(=O)Cc1ccc(OCC(=O)[C@@]23OC(CCC)O[C@@H]2C[C@H]2[C@@H]4CCC5=CC(=O)C=C[C@]5(C)[C@H]4[C@@H](O)C[C@@]23C)cc1)C(C)C. The topological polar surface area (TPSA) is 279 Å². The molecule has 14 atom stereocenters. The summed E-state index contributed by atoms with van der Waals surface area (Å²) in [5.41, 5.74) is 1.56. The Morgan fingerprint density at radius 1 is 0.771 bits per heavy atom. The Kier molecular flexibility index (Phi) is 28.2. The van der Waals surface area contributed by atoms with Gasteiger partial charge in [-0.2, -0.15) is 0 Å². The molecule has 2 amide bonds. The summed E-state index contributed by atoms with van der Waals surface area (Å²) in [5, 5.41) is 26.6. The number of aryl methyl sites for hydroxylation is 1. The number of Topliss-reactive ketones (excluding diaryl/α,β-unsaturated/α-hetero) is 3. The number of carbonyl (C=O) groups is 6. The number of nitrogens with zero attached hydrogens (tertiary/aromatic N) is 3. The summed E-state index contributed by atoms with van der Waals surface area (Å²) >= 11 is 0. The van der Waals surface area contributed by atoms with Crippen LogP contribution in [0.2, 0.25) is 0 Å². The highest BCUT2D eigenvalue weighted by molar-refractivity contribution is 6.01. The van der Waals surface area contributed by atoms with Crippen molar-refractivity contribution >= 4 is 35.1 Å². The molecule has 1 aromatic heterocycles. The maximum atomic E-state index is 14.8. The molecule has 1 aromatic carbocycles. The number of hydrogen-bond acceptors (Lipinski definition) is 20. The maximum Gasteiger partial charge on any atom is 0.407 e. The number of rotatable bonds is 43. The number of allylic oxidation sites excluding steroid dienone is 4. The molecule has 9 rings (SSSR count). The Labute approximate surface area is 567 Å². The Morgan fingerprint density at radius 2 is 1.42 bits per heavy atom. The van der Waals surface area contributed by atoms with Gasteiger partial charge in [0.1, 0.15) is 18.1 Å². The van der Waals surface area contributed by atoms with Crippen molar-refractivity contribution in [2.45, 2.75) is 181 Å². The molecule has 4 unspecified atom stereocenters. The molecule has 3 N–H and O–H groups in total. The molecule has 534 valence electrons. The number of fused-ring (bicyclic) bond motifs is 9. The monoisotopic (exact) mass is 1340 g/mol. The second kappa shape index (κ2) is 36.1. The number of amides is 2. The van der Waals surface area contributed by atoms with Crippen LogP contribution in [0.25, 0.3) is 0 Å². The van der Waals surface area contributed by atoms with Crippen molar-refractivity contribution in [3.05, 3.63) is 65.0 Å². The van der Waals surface area contributed by atoms with Crippen molar-refractivity contribution in [3.63, 3.8) is 0 Å². The second-order valence-corrected chi connectivity index (χ2v) is 28.2. The van der Waals surface area contributed by atoms with E-state index in [0.29, 0.717) is 135 Å². The minimum absolute atomic E-state index is 0.0151. The van der Waals surface area contributed by atoms with Crippen LogP contribution in [0.1, 0.15) is 142 Å². The summed E-state index contributed by atoms with van der Waals surface area (Å²) in [6, 6.07) is 6.26. The largest absolute Gasteiger partial charge is 0.486 e. The van der Waals surface area contributed by atoms with Gasteiger partial charge in [-0.1, -0.05) is 90.3 Å². The van der Waals surface area contributed by atoms with E-state index in [4.69, 9.17) is 52.1 Å². The van der Waals surface area contributed by atoms with Crippen molar-refractivity contribution in [2.24, 2.45) is 58.2 Å². The molecule has 4 saturated carbocycles. The fourth-order valence-electron chi connectivity index (χ4n) is 16.3. The first-order valence-corrected chi connectivity index (χ1v) is 35.8. The molecule has 23 nitrogen and oxygen atoms in total. The van der Waals surface area contributed by atoms with Gasteiger partial charge in [-0.3, -0.25) is 24.0 Å². The molecule has 5 fully saturated rings. The summed E-state index contributed by atoms with van der Waals surface area (Å²) in [4.78, 5) is 79.7. The van der Waals surface area contributed by atoms with E-state index in [2.05, 4.69) is 48.6 Å². The number of aliphatic hydroxyl groups is 1. The predicted molar refractivity (Wildman–Crippen MR) is 354 cm³/mol. The van der Waals surface area contributed by atoms with E-state index in [9.17, 15) is 33.9 Å². The quantitative estimate of drug-likeness (QED) is 0.0536. The van der Waals surface area contributed by atoms with E-state index in [0.717, 1.165) is 81.2 Å². The summed E-state index contributed by atoms with van der Waals surface area (Å²) in [6.07, 6.45) is 13.3. The van der Waals surface area contributed by atoms with Crippen molar-refractivity contribution in [2.75, 3.05) is 112 Å². The minimum Gasteiger partial charge on any atom is -0.486 e. The molecule has 2 aromatic rings. The Hall–Kier alpha value is -5.34.